The highest BCUT2D eigenvalue weighted by atomic mass is 16.2. The van der Waals surface area contributed by atoms with Gasteiger partial charge in [0.25, 0.3) is 0 Å². The fourth-order valence-electron chi connectivity index (χ4n) is 2.18. The number of pyridine rings is 1. The number of hydrogen-bond donors (Lipinski definition) is 2. The predicted octanol–water partition coefficient (Wildman–Crippen LogP) is 4.09. The molecule has 1 aromatic heterocycles. The lowest BCUT2D eigenvalue weighted by Crippen LogP contribution is -2.31. The fourth-order valence-corrected chi connectivity index (χ4v) is 2.18. The van der Waals surface area contributed by atoms with Gasteiger partial charge >= 0.3 is 6.03 Å². The van der Waals surface area contributed by atoms with E-state index in [9.17, 15) is 4.79 Å². The van der Waals surface area contributed by atoms with Crippen molar-refractivity contribution >= 4 is 11.7 Å². The van der Waals surface area contributed by atoms with E-state index in [1.165, 1.54) is 0 Å². The van der Waals surface area contributed by atoms with Crippen LogP contribution in [0.5, 0.6) is 0 Å². The largest absolute Gasteiger partial charge is 0.330 e. The number of rotatable bonds is 4. The van der Waals surface area contributed by atoms with Crippen LogP contribution in [0.15, 0.2) is 48.7 Å². The summed E-state index contributed by atoms with van der Waals surface area (Å²) in [5.74, 6) is 0.356. The molecule has 1 unspecified atom stereocenters. The molecule has 4 nitrogen and oxygen atoms in total. The zero-order valence-electron chi connectivity index (χ0n) is 12.6. The molecule has 0 spiro atoms. The van der Waals surface area contributed by atoms with Gasteiger partial charge in [-0.15, -0.1) is 0 Å². The van der Waals surface area contributed by atoms with Gasteiger partial charge in [-0.1, -0.05) is 38.1 Å². The van der Waals surface area contributed by atoms with Gasteiger partial charge in [-0.3, -0.25) is 4.98 Å². The quantitative estimate of drug-likeness (QED) is 0.888. The predicted molar refractivity (Wildman–Crippen MR) is 85.3 cm³/mol. The summed E-state index contributed by atoms with van der Waals surface area (Å²) in [7, 11) is 0. The lowest BCUT2D eigenvalue weighted by molar-refractivity contribution is 0.249. The van der Waals surface area contributed by atoms with Gasteiger partial charge in [0.05, 0.1) is 11.7 Å². The van der Waals surface area contributed by atoms with Crippen molar-refractivity contribution in [2.75, 3.05) is 5.32 Å². The molecule has 110 valence electrons. The van der Waals surface area contributed by atoms with Gasteiger partial charge < -0.3 is 10.6 Å². The molecule has 1 aromatic carbocycles. The first kappa shape index (κ1) is 15.0. The van der Waals surface area contributed by atoms with Gasteiger partial charge in [0.2, 0.25) is 0 Å². The van der Waals surface area contributed by atoms with Gasteiger partial charge in [0.15, 0.2) is 0 Å². The van der Waals surface area contributed by atoms with E-state index in [1.54, 1.807) is 6.20 Å². The zero-order chi connectivity index (χ0) is 15.2. The number of nitrogens with one attached hydrogen (secondary N) is 2. The Morgan fingerprint density at radius 1 is 1.05 bits per heavy atom. The van der Waals surface area contributed by atoms with Gasteiger partial charge in [0.1, 0.15) is 0 Å². The molecular weight excluding hydrogens is 262 g/mol. The lowest BCUT2D eigenvalue weighted by atomic mass is 10.0. The van der Waals surface area contributed by atoms with E-state index >= 15 is 0 Å². The van der Waals surface area contributed by atoms with Crippen LogP contribution in [0, 0.1) is 0 Å². The van der Waals surface area contributed by atoms with Crippen molar-refractivity contribution in [2.24, 2.45) is 0 Å². The first-order valence-corrected chi connectivity index (χ1v) is 7.15. The Hall–Kier alpha value is -2.36. The van der Waals surface area contributed by atoms with Gasteiger partial charge in [-0.2, -0.15) is 0 Å². The van der Waals surface area contributed by atoms with Crippen LogP contribution in [0.25, 0.3) is 0 Å². The Balaban J connectivity index is 2.02. The highest BCUT2D eigenvalue weighted by Gasteiger charge is 2.12. The van der Waals surface area contributed by atoms with Crippen molar-refractivity contribution in [3.8, 4) is 0 Å². The van der Waals surface area contributed by atoms with Gasteiger partial charge in [-0.25, -0.2) is 4.79 Å². The van der Waals surface area contributed by atoms with Crippen molar-refractivity contribution in [2.45, 2.75) is 32.7 Å². The second-order valence-corrected chi connectivity index (χ2v) is 5.32. The maximum atomic E-state index is 12.1. The van der Waals surface area contributed by atoms with E-state index in [0.29, 0.717) is 5.92 Å². The van der Waals surface area contributed by atoms with Crippen LogP contribution in [0.3, 0.4) is 0 Å². The topological polar surface area (TPSA) is 54.0 Å². The van der Waals surface area contributed by atoms with E-state index in [4.69, 9.17) is 0 Å². The van der Waals surface area contributed by atoms with Crippen LogP contribution in [-0.4, -0.2) is 11.0 Å². The van der Waals surface area contributed by atoms with E-state index < -0.39 is 0 Å². The minimum absolute atomic E-state index is 0.141. The normalized spacial score (nSPS) is 12.0. The Morgan fingerprint density at radius 2 is 1.76 bits per heavy atom. The molecule has 0 bridgehead atoms. The molecule has 0 saturated carbocycles. The molecule has 21 heavy (non-hydrogen) atoms. The van der Waals surface area contributed by atoms with Crippen LogP contribution < -0.4 is 10.6 Å². The van der Waals surface area contributed by atoms with Crippen molar-refractivity contribution < 1.29 is 4.79 Å². The molecule has 0 radical (unpaired) electrons. The highest BCUT2D eigenvalue weighted by molar-refractivity contribution is 5.90. The Bertz CT molecular complexity index is 596. The maximum Gasteiger partial charge on any atom is 0.319 e. The first-order chi connectivity index (χ1) is 10.1. The maximum absolute atomic E-state index is 12.1. The smallest absolute Gasteiger partial charge is 0.319 e. The molecule has 2 aromatic rings. The number of anilines is 1. The number of hydrogen-bond acceptors (Lipinski definition) is 2. The van der Waals surface area contributed by atoms with Crippen LogP contribution in [0.4, 0.5) is 10.5 Å². The number of nitrogens with zero attached hydrogens (tertiary/aromatic N) is 1. The van der Waals surface area contributed by atoms with Gasteiger partial charge in [-0.05, 0) is 36.6 Å². The molecule has 1 atom stereocenters. The summed E-state index contributed by atoms with van der Waals surface area (Å²) in [6.45, 7) is 6.13. The molecule has 0 aliphatic rings. The van der Waals surface area contributed by atoms with E-state index in [0.717, 1.165) is 16.9 Å². The molecule has 4 heteroatoms. The summed E-state index contributed by atoms with van der Waals surface area (Å²) in [6, 6.07) is 13.1. The summed E-state index contributed by atoms with van der Waals surface area (Å²) in [5, 5.41) is 5.81. The molecule has 1 heterocycles. The zero-order valence-corrected chi connectivity index (χ0v) is 12.6. The number of aromatic nitrogens is 1. The van der Waals surface area contributed by atoms with E-state index in [-0.39, 0.29) is 12.1 Å². The fraction of sp³-hybridized carbons (Fsp3) is 0.294. The van der Waals surface area contributed by atoms with Crippen molar-refractivity contribution in [1.29, 1.82) is 0 Å². The van der Waals surface area contributed by atoms with Crippen LogP contribution in [0.1, 0.15) is 44.0 Å². The highest BCUT2D eigenvalue weighted by Crippen LogP contribution is 2.23. The lowest BCUT2D eigenvalue weighted by Gasteiger charge is -2.17. The molecule has 0 saturated heterocycles. The third kappa shape index (κ3) is 4.05. The van der Waals surface area contributed by atoms with Crippen LogP contribution >= 0.6 is 0 Å². The minimum Gasteiger partial charge on any atom is -0.330 e. The monoisotopic (exact) mass is 283 g/mol. The van der Waals surface area contributed by atoms with Crippen molar-refractivity contribution in [1.82, 2.24) is 10.3 Å². The molecule has 2 amide bonds. The average molecular weight is 283 g/mol. The second-order valence-electron chi connectivity index (χ2n) is 5.32. The Kier molecular flexibility index (Phi) is 4.93. The minimum atomic E-state index is -0.221. The van der Waals surface area contributed by atoms with Crippen molar-refractivity contribution in [3.63, 3.8) is 0 Å². The number of urea groups is 1. The van der Waals surface area contributed by atoms with Crippen LogP contribution in [-0.2, 0) is 0 Å². The van der Waals surface area contributed by atoms with Crippen molar-refractivity contribution in [3.05, 3.63) is 59.9 Å². The van der Waals surface area contributed by atoms with Crippen LogP contribution in [0.2, 0.25) is 0 Å². The molecule has 2 rings (SSSR count). The number of carbonyl (C=O) groups excluding carboxylic acids is 1. The molecular formula is C17H21N3O. The molecule has 0 fully saturated rings. The molecule has 0 aliphatic heterocycles. The number of benzene rings is 1. The summed E-state index contributed by atoms with van der Waals surface area (Å²) in [5.41, 5.74) is 2.81. The SMILES string of the molecule is CC(C)c1ccccc1NC(=O)NC(C)c1ccccn1. The summed E-state index contributed by atoms with van der Waals surface area (Å²) < 4.78 is 0. The van der Waals surface area contributed by atoms with Gasteiger partial charge in [0, 0.05) is 11.9 Å². The number of carbonyl (C=O) groups is 1. The summed E-state index contributed by atoms with van der Waals surface area (Å²) in [4.78, 5) is 16.4. The van der Waals surface area contributed by atoms with E-state index in [1.807, 2.05) is 49.4 Å². The Labute approximate surface area is 125 Å². The third-order valence-electron chi connectivity index (χ3n) is 3.31. The standard InChI is InChI=1S/C17H21N3O/c1-12(2)14-8-4-5-10-16(14)20-17(21)19-13(3)15-9-6-7-11-18-15/h4-13H,1-3H3,(H2,19,20,21). The molecule has 2 N–H and O–H groups in total. The molecule has 0 aliphatic carbocycles. The number of para-hydroxylation sites is 1. The third-order valence-corrected chi connectivity index (χ3v) is 3.31. The number of amides is 2. The van der Waals surface area contributed by atoms with E-state index in [2.05, 4.69) is 29.5 Å². The first-order valence-electron chi connectivity index (χ1n) is 7.15. The Morgan fingerprint density at radius 3 is 2.43 bits per heavy atom. The summed E-state index contributed by atoms with van der Waals surface area (Å²) >= 11 is 0. The average Bonchev–Trinajstić information content (AvgIpc) is 2.48. The second kappa shape index (κ2) is 6.88. The summed E-state index contributed by atoms with van der Waals surface area (Å²) in [6.07, 6.45) is 1.72.